The summed E-state index contributed by atoms with van der Waals surface area (Å²) in [6.45, 7) is 2.37. The van der Waals surface area contributed by atoms with Crippen molar-refractivity contribution in [2.24, 2.45) is 0 Å². The highest BCUT2D eigenvalue weighted by atomic mass is 79.9. The second-order valence-electron chi connectivity index (χ2n) is 3.27. The van der Waals surface area contributed by atoms with Gasteiger partial charge in [0.1, 0.15) is 16.7 Å². The van der Waals surface area contributed by atoms with Gasteiger partial charge in [-0.2, -0.15) is 0 Å². The number of hydrogen-bond acceptors (Lipinski definition) is 4. The highest BCUT2D eigenvalue weighted by Gasteiger charge is 2.03. The van der Waals surface area contributed by atoms with Crippen LogP contribution in [0.3, 0.4) is 0 Å². The summed E-state index contributed by atoms with van der Waals surface area (Å²) >= 11 is 3.30. The van der Waals surface area contributed by atoms with E-state index >= 15 is 0 Å². The second kappa shape index (κ2) is 5.23. The number of ether oxygens (including phenoxy) is 1. The molecular formula is C10H12BrN3O. The highest BCUT2D eigenvalue weighted by Crippen LogP contribution is 2.12. The topological polar surface area (TPSA) is 47.0 Å². The summed E-state index contributed by atoms with van der Waals surface area (Å²) in [6.07, 6.45) is 4.65. The summed E-state index contributed by atoms with van der Waals surface area (Å²) in [5.74, 6) is 0.837. The molecule has 1 aliphatic rings. The molecule has 1 aromatic rings. The molecule has 0 radical (unpaired) electrons. The molecule has 0 saturated carbocycles. The van der Waals surface area contributed by atoms with Crippen molar-refractivity contribution in [3.63, 3.8) is 0 Å². The Morgan fingerprint density at radius 3 is 3.13 bits per heavy atom. The molecular weight excluding hydrogens is 258 g/mol. The number of anilines is 1. The molecule has 0 fully saturated rings. The Hall–Kier alpha value is -0.940. The Labute approximate surface area is 96.9 Å². The molecule has 0 saturated heterocycles. The SMILES string of the molecule is Brc1cc(NCC2=CCOCC2)ncn1. The third kappa shape index (κ3) is 3.28. The van der Waals surface area contributed by atoms with Gasteiger partial charge in [-0.25, -0.2) is 9.97 Å². The van der Waals surface area contributed by atoms with Crippen molar-refractivity contribution in [2.45, 2.75) is 6.42 Å². The van der Waals surface area contributed by atoms with E-state index in [2.05, 4.69) is 37.3 Å². The lowest BCUT2D eigenvalue weighted by molar-refractivity contribution is 0.154. The first-order valence-corrected chi connectivity index (χ1v) is 5.61. The van der Waals surface area contributed by atoms with E-state index in [-0.39, 0.29) is 0 Å². The summed E-state index contributed by atoms with van der Waals surface area (Å²) in [6, 6.07) is 1.86. The molecule has 2 heterocycles. The van der Waals surface area contributed by atoms with Crippen LogP contribution >= 0.6 is 15.9 Å². The van der Waals surface area contributed by atoms with Gasteiger partial charge in [-0.05, 0) is 22.4 Å². The Morgan fingerprint density at radius 2 is 2.40 bits per heavy atom. The normalized spacial score (nSPS) is 15.9. The Bertz CT molecular complexity index is 367. The number of nitrogens with zero attached hydrogens (tertiary/aromatic N) is 2. The maximum Gasteiger partial charge on any atom is 0.130 e. The zero-order valence-electron chi connectivity index (χ0n) is 8.24. The fraction of sp³-hybridized carbons (Fsp3) is 0.400. The maximum atomic E-state index is 5.23. The summed E-state index contributed by atoms with van der Waals surface area (Å²) < 4.78 is 6.03. The van der Waals surface area contributed by atoms with Crippen LogP contribution in [-0.4, -0.2) is 29.7 Å². The molecule has 80 valence electrons. The van der Waals surface area contributed by atoms with Crippen LogP contribution in [0.5, 0.6) is 0 Å². The lowest BCUT2D eigenvalue weighted by atomic mass is 10.1. The maximum absolute atomic E-state index is 5.23. The molecule has 0 atom stereocenters. The first kappa shape index (κ1) is 10.6. The molecule has 0 aliphatic carbocycles. The number of aromatic nitrogens is 2. The van der Waals surface area contributed by atoms with Crippen LogP contribution in [0.4, 0.5) is 5.82 Å². The Kier molecular flexibility index (Phi) is 3.69. The van der Waals surface area contributed by atoms with Crippen LogP contribution in [0, 0.1) is 0 Å². The van der Waals surface area contributed by atoms with Gasteiger partial charge in [0.25, 0.3) is 0 Å². The van der Waals surface area contributed by atoms with Gasteiger partial charge in [0.15, 0.2) is 0 Å². The summed E-state index contributed by atoms with van der Waals surface area (Å²) in [4.78, 5) is 8.08. The highest BCUT2D eigenvalue weighted by molar-refractivity contribution is 9.10. The van der Waals surface area contributed by atoms with Crippen LogP contribution in [0.1, 0.15) is 6.42 Å². The first-order valence-electron chi connectivity index (χ1n) is 4.81. The molecule has 15 heavy (non-hydrogen) atoms. The first-order chi connectivity index (χ1) is 7.34. The molecule has 0 aromatic carbocycles. The van der Waals surface area contributed by atoms with E-state index in [9.17, 15) is 0 Å². The van der Waals surface area contributed by atoms with E-state index in [1.165, 1.54) is 11.9 Å². The van der Waals surface area contributed by atoms with Crippen molar-refractivity contribution in [1.82, 2.24) is 9.97 Å². The minimum Gasteiger partial charge on any atom is -0.377 e. The van der Waals surface area contributed by atoms with Gasteiger partial charge in [-0.15, -0.1) is 0 Å². The van der Waals surface area contributed by atoms with E-state index in [0.717, 1.165) is 36.6 Å². The molecule has 5 heteroatoms. The average molecular weight is 270 g/mol. The van der Waals surface area contributed by atoms with Gasteiger partial charge in [0.2, 0.25) is 0 Å². The zero-order chi connectivity index (χ0) is 10.5. The number of nitrogens with one attached hydrogen (secondary N) is 1. The third-order valence-electron chi connectivity index (χ3n) is 2.19. The van der Waals surface area contributed by atoms with Crippen molar-refractivity contribution in [1.29, 1.82) is 0 Å². The minimum absolute atomic E-state index is 0.727. The third-order valence-corrected chi connectivity index (χ3v) is 2.62. The fourth-order valence-electron chi connectivity index (χ4n) is 1.36. The zero-order valence-corrected chi connectivity index (χ0v) is 9.83. The predicted molar refractivity (Wildman–Crippen MR) is 61.7 cm³/mol. The summed E-state index contributed by atoms with van der Waals surface area (Å²) in [5.41, 5.74) is 1.37. The van der Waals surface area contributed by atoms with E-state index in [4.69, 9.17) is 4.74 Å². The van der Waals surface area contributed by atoms with Gasteiger partial charge in [-0.1, -0.05) is 11.6 Å². The van der Waals surface area contributed by atoms with Crippen LogP contribution in [0.2, 0.25) is 0 Å². The summed E-state index contributed by atoms with van der Waals surface area (Å²) in [7, 11) is 0. The van der Waals surface area contributed by atoms with E-state index in [1.807, 2.05) is 6.07 Å². The minimum atomic E-state index is 0.727. The van der Waals surface area contributed by atoms with E-state index in [0.29, 0.717) is 0 Å². The van der Waals surface area contributed by atoms with Crippen LogP contribution in [-0.2, 0) is 4.74 Å². The molecule has 0 spiro atoms. The van der Waals surface area contributed by atoms with Crippen molar-refractivity contribution >= 4 is 21.7 Å². The molecule has 4 nitrogen and oxygen atoms in total. The average Bonchev–Trinajstić information content (AvgIpc) is 2.28. The van der Waals surface area contributed by atoms with Crippen LogP contribution < -0.4 is 5.32 Å². The summed E-state index contributed by atoms with van der Waals surface area (Å²) in [5, 5.41) is 3.25. The van der Waals surface area contributed by atoms with Gasteiger partial charge >= 0.3 is 0 Å². The van der Waals surface area contributed by atoms with Crippen molar-refractivity contribution in [3.05, 3.63) is 28.6 Å². The largest absolute Gasteiger partial charge is 0.377 e. The molecule has 0 bridgehead atoms. The number of rotatable bonds is 3. The smallest absolute Gasteiger partial charge is 0.130 e. The lowest BCUT2D eigenvalue weighted by Crippen LogP contribution is -2.12. The Morgan fingerprint density at radius 1 is 1.47 bits per heavy atom. The molecule has 0 unspecified atom stereocenters. The van der Waals surface area contributed by atoms with Gasteiger partial charge in [0.05, 0.1) is 13.2 Å². The van der Waals surface area contributed by atoms with Crippen molar-refractivity contribution < 1.29 is 4.74 Å². The quantitative estimate of drug-likeness (QED) is 0.674. The molecule has 1 aromatic heterocycles. The number of halogens is 1. The van der Waals surface area contributed by atoms with Gasteiger partial charge in [-0.3, -0.25) is 0 Å². The monoisotopic (exact) mass is 269 g/mol. The van der Waals surface area contributed by atoms with Gasteiger partial charge in [0, 0.05) is 12.6 Å². The van der Waals surface area contributed by atoms with E-state index in [1.54, 1.807) is 0 Å². The molecule has 2 rings (SSSR count). The lowest BCUT2D eigenvalue weighted by Gasteiger charge is -2.14. The van der Waals surface area contributed by atoms with Crippen molar-refractivity contribution in [2.75, 3.05) is 25.1 Å². The van der Waals surface area contributed by atoms with Crippen LogP contribution in [0.25, 0.3) is 0 Å². The molecule has 1 N–H and O–H groups in total. The van der Waals surface area contributed by atoms with Crippen LogP contribution in [0.15, 0.2) is 28.6 Å². The van der Waals surface area contributed by atoms with Crippen molar-refractivity contribution in [3.8, 4) is 0 Å². The molecule has 0 amide bonds. The van der Waals surface area contributed by atoms with Gasteiger partial charge < -0.3 is 10.1 Å². The second-order valence-corrected chi connectivity index (χ2v) is 4.08. The fourth-order valence-corrected chi connectivity index (χ4v) is 1.67. The standard InChI is InChI=1S/C10H12BrN3O/c11-9-5-10(14-7-13-9)12-6-8-1-3-15-4-2-8/h1,5,7H,2-4,6H2,(H,12,13,14). The number of hydrogen-bond donors (Lipinski definition) is 1. The van der Waals surface area contributed by atoms with E-state index < -0.39 is 0 Å². The predicted octanol–water partition coefficient (Wildman–Crippen LogP) is 2.00. The Balaban J connectivity index is 1.90. The molecule has 1 aliphatic heterocycles.